The van der Waals surface area contributed by atoms with Crippen molar-refractivity contribution < 1.29 is 14.6 Å². The number of hydrogen-bond acceptors (Lipinski definition) is 3. The molecule has 1 aliphatic carbocycles. The predicted octanol–water partition coefficient (Wildman–Crippen LogP) is 1.99. The number of rotatable bonds is 6. The molecule has 1 aliphatic rings. The molecule has 2 N–H and O–H groups in total. The fraction of sp³-hybridized carbons (Fsp3) is 0.438. The topological polar surface area (TPSA) is 58.6 Å². The number of benzene rings is 1. The van der Waals surface area contributed by atoms with Gasteiger partial charge in [0.15, 0.2) is 0 Å². The highest BCUT2D eigenvalue weighted by molar-refractivity contribution is 5.92. The molecular formula is C16H21NO3. The van der Waals surface area contributed by atoms with Crippen LogP contribution in [0.1, 0.15) is 25.3 Å². The van der Waals surface area contributed by atoms with Gasteiger partial charge in [0.1, 0.15) is 5.75 Å². The SMILES string of the molecule is CCOc1ccccc1C=CC(=O)NCC1CC(O)C1. The molecule has 0 atom stereocenters. The Hall–Kier alpha value is -1.81. The van der Waals surface area contributed by atoms with Crippen molar-refractivity contribution in [2.24, 2.45) is 5.92 Å². The number of carbonyl (C=O) groups excluding carboxylic acids is 1. The Bertz CT molecular complexity index is 478. The van der Waals surface area contributed by atoms with Crippen LogP contribution < -0.4 is 10.1 Å². The first-order valence-electron chi connectivity index (χ1n) is 7.05. The number of hydrogen-bond donors (Lipinski definition) is 2. The molecule has 1 saturated carbocycles. The van der Waals surface area contributed by atoms with E-state index in [4.69, 9.17) is 4.74 Å². The second-order valence-electron chi connectivity index (χ2n) is 5.04. The second-order valence-corrected chi connectivity index (χ2v) is 5.04. The van der Waals surface area contributed by atoms with Gasteiger partial charge in [-0.05, 0) is 37.8 Å². The third-order valence-corrected chi connectivity index (χ3v) is 3.41. The molecule has 108 valence electrons. The summed E-state index contributed by atoms with van der Waals surface area (Å²) in [6.45, 7) is 3.16. The highest BCUT2D eigenvalue weighted by Crippen LogP contribution is 2.26. The summed E-state index contributed by atoms with van der Waals surface area (Å²) in [5, 5.41) is 12.0. The molecule has 1 amide bonds. The predicted molar refractivity (Wildman–Crippen MR) is 78.4 cm³/mol. The number of aliphatic hydroxyl groups excluding tert-OH is 1. The van der Waals surface area contributed by atoms with E-state index in [-0.39, 0.29) is 12.0 Å². The Labute approximate surface area is 119 Å². The van der Waals surface area contributed by atoms with Gasteiger partial charge in [-0.15, -0.1) is 0 Å². The fourth-order valence-corrected chi connectivity index (χ4v) is 2.24. The zero-order chi connectivity index (χ0) is 14.4. The normalized spacial score (nSPS) is 21.5. The molecule has 0 spiro atoms. The van der Waals surface area contributed by atoms with E-state index >= 15 is 0 Å². The van der Waals surface area contributed by atoms with E-state index < -0.39 is 0 Å². The third kappa shape index (κ3) is 4.10. The summed E-state index contributed by atoms with van der Waals surface area (Å²) in [7, 11) is 0. The van der Waals surface area contributed by atoms with Crippen LogP contribution in [-0.2, 0) is 4.79 Å². The van der Waals surface area contributed by atoms with Crippen molar-refractivity contribution in [2.75, 3.05) is 13.2 Å². The first-order chi connectivity index (χ1) is 9.69. The van der Waals surface area contributed by atoms with Crippen molar-refractivity contribution in [3.8, 4) is 5.75 Å². The van der Waals surface area contributed by atoms with Gasteiger partial charge in [0.2, 0.25) is 5.91 Å². The van der Waals surface area contributed by atoms with E-state index in [0.717, 1.165) is 24.2 Å². The van der Waals surface area contributed by atoms with Crippen molar-refractivity contribution >= 4 is 12.0 Å². The summed E-state index contributed by atoms with van der Waals surface area (Å²) in [6, 6.07) is 7.62. The van der Waals surface area contributed by atoms with E-state index in [2.05, 4.69) is 5.32 Å². The van der Waals surface area contributed by atoms with Gasteiger partial charge >= 0.3 is 0 Å². The Morgan fingerprint density at radius 2 is 2.20 bits per heavy atom. The van der Waals surface area contributed by atoms with Crippen molar-refractivity contribution in [3.63, 3.8) is 0 Å². The fourth-order valence-electron chi connectivity index (χ4n) is 2.24. The monoisotopic (exact) mass is 275 g/mol. The molecule has 2 rings (SSSR count). The van der Waals surface area contributed by atoms with Gasteiger partial charge in [0, 0.05) is 18.2 Å². The lowest BCUT2D eigenvalue weighted by atomic mass is 9.82. The molecule has 0 unspecified atom stereocenters. The molecular weight excluding hydrogens is 254 g/mol. The number of carbonyl (C=O) groups is 1. The molecule has 0 heterocycles. The zero-order valence-corrected chi connectivity index (χ0v) is 11.7. The minimum Gasteiger partial charge on any atom is -0.493 e. The summed E-state index contributed by atoms with van der Waals surface area (Å²) in [6.07, 6.45) is 4.68. The lowest BCUT2D eigenvalue weighted by Crippen LogP contribution is -2.37. The molecule has 0 radical (unpaired) electrons. The van der Waals surface area contributed by atoms with Crippen LogP contribution in [0.3, 0.4) is 0 Å². The van der Waals surface area contributed by atoms with Crippen LogP contribution in [0.25, 0.3) is 6.08 Å². The van der Waals surface area contributed by atoms with Crippen LogP contribution in [0.15, 0.2) is 30.3 Å². The Morgan fingerprint density at radius 3 is 2.90 bits per heavy atom. The standard InChI is InChI=1S/C16H21NO3/c1-2-20-15-6-4-3-5-13(15)7-8-16(19)17-11-12-9-14(18)10-12/h3-8,12,14,18H,2,9-11H2,1H3,(H,17,19). The molecule has 20 heavy (non-hydrogen) atoms. The van der Waals surface area contributed by atoms with E-state index in [1.54, 1.807) is 6.08 Å². The number of ether oxygens (including phenoxy) is 1. The quantitative estimate of drug-likeness (QED) is 0.781. The van der Waals surface area contributed by atoms with Gasteiger partial charge in [-0.2, -0.15) is 0 Å². The first kappa shape index (κ1) is 14.6. The molecule has 0 bridgehead atoms. The maximum absolute atomic E-state index is 11.7. The molecule has 1 fully saturated rings. The van der Waals surface area contributed by atoms with E-state index in [9.17, 15) is 9.90 Å². The highest BCUT2D eigenvalue weighted by atomic mass is 16.5. The second kappa shape index (κ2) is 7.10. The molecule has 4 nitrogen and oxygen atoms in total. The number of para-hydroxylation sites is 1. The molecule has 0 saturated heterocycles. The first-order valence-corrected chi connectivity index (χ1v) is 7.05. The van der Waals surface area contributed by atoms with Gasteiger partial charge < -0.3 is 15.2 Å². The van der Waals surface area contributed by atoms with Crippen LogP contribution in [0.5, 0.6) is 5.75 Å². The average Bonchev–Trinajstić information content (AvgIpc) is 2.42. The minimum atomic E-state index is -0.175. The number of amides is 1. The molecule has 1 aromatic carbocycles. The van der Waals surface area contributed by atoms with Gasteiger partial charge in [-0.1, -0.05) is 18.2 Å². The largest absolute Gasteiger partial charge is 0.493 e. The van der Waals surface area contributed by atoms with Crippen molar-refractivity contribution in [2.45, 2.75) is 25.9 Å². The van der Waals surface area contributed by atoms with E-state index in [1.807, 2.05) is 31.2 Å². The maximum Gasteiger partial charge on any atom is 0.244 e. The lowest BCUT2D eigenvalue weighted by Gasteiger charge is -2.31. The number of nitrogens with one attached hydrogen (secondary N) is 1. The number of aliphatic hydroxyl groups is 1. The molecule has 0 aliphatic heterocycles. The highest BCUT2D eigenvalue weighted by Gasteiger charge is 2.26. The summed E-state index contributed by atoms with van der Waals surface area (Å²) in [4.78, 5) is 11.7. The van der Waals surface area contributed by atoms with Crippen LogP contribution in [0.4, 0.5) is 0 Å². The Balaban J connectivity index is 1.83. The Morgan fingerprint density at radius 1 is 1.45 bits per heavy atom. The lowest BCUT2D eigenvalue weighted by molar-refractivity contribution is -0.117. The summed E-state index contributed by atoms with van der Waals surface area (Å²) in [5.41, 5.74) is 0.892. The van der Waals surface area contributed by atoms with Gasteiger partial charge in [-0.25, -0.2) is 0 Å². The van der Waals surface area contributed by atoms with E-state index in [0.29, 0.717) is 19.1 Å². The smallest absolute Gasteiger partial charge is 0.244 e. The third-order valence-electron chi connectivity index (χ3n) is 3.41. The van der Waals surface area contributed by atoms with Crippen LogP contribution in [0.2, 0.25) is 0 Å². The summed E-state index contributed by atoms with van der Waals surface area (Å²) >= 11 is 0. The van der Waals surface area contributed by atoms with Crippen LogP contribution in [-0.4, -0.2) is 30.3 Å². The van der Waals surface area contributed by atoms with Crippen LogP contribution in [0, 0.1) is 5.92 Å². The van der Waals surface area contributed by atoms with Crippen LogP contribution >= 0.6 is 0 Å². The molecule has 4 heteroatoms. The van der Waals surface area contributed by atoms with Gasteiger partial charge in [-0.3, -0.25) is 4.79 Å². The summed E-state index contributed by atoms with van der Waals surface area (Å²) < 4.78 is 5.50. The van der Waals surface area contributed by atoms with Crippen molar-refractivity contribution in [3.05, 3.63) is 35.9 Å². The minimum absolute atomic E-state index is 0.113. The molecule has 1 aromatic rings. The van der Waals surface area contributed by atoms with E-state index in [1.165, 1.54) is 6.08 Å². The van der Waals surface area contributed by atoms with Crippen molar-refractivity contribution in [1.82, 2.24) is 5.32 Å². The van der Waals surface area contributed by atoms with Crippen molar-refractivity contribution in [1.29, 1.82) is 0 Å². The van der Waals surface area contributed by atoms with Gasteiger partial charge in [0.25, 0.3) is 0 Å². The zero-order valence-electron chi connectivity index (χ0n) is 11.7. The molecule has 0 aromatic heterocycles. The summed E-state index contributed by atoms with van der Waals surface area (Å²) in [5.74, 6) is 1.08. The Kier molecular flexibility index (Phi) is 5.18. The van der Waals surface area contributed by atoms with Gasteiger partial charge in [0.05, 0.1) is 12.7 Å². The maximum atomic E-state index is 11.7. The average molecular weight is 275 g/mol.